The summed E-state index contributed by atoms with van der Waals surface area (Å²) in [4.78, 5) is 16.9. The minimum Gasteiger partial charge on any atom is -0.379 e. The zero-order valence-corrected chi connectivity index (χ0v) is 14.0. The van der Waals surface area contributed by atoms with Gasteiger partial charge in [0.1, 0.15) is 0 Å². The molecule has 2 atom stereocenters. The quantitative estimate of drug-likeness (QED) is 0.925. The fourth-order valence-corrected chi connectivity index (χ4v) is 4.04. The molecule has 1 aromatic rings. The first-order valence-electron chi connectivity index (χ1n) is 8.13. The van der Waals surface area contributed by atoms with E-state index in [1.165, 1.54) is 5.56 Å². The third-order valence-corrected chi connectivity index (χ3v) is 5.15. The van der Waals surface area contributed by atoms with Crippen molar-refractivity contribution < 1.29 is 9.53 Å². The second kappa shape index (κ2) is 7.44. The van der Waals surface area contributed by atoms with E-state index >= 15 is 0 Å². The van der Waals surface area contributed by atoms with Gasteiger partial charge in [0.05, 0.1) is 19.3 Å². The van der Waals surface area contributed by atoms with Crippen molar-refractivity contribution in [3.8, 4) is 0 Å². The van der Waals surface area contributed by atoms with E-state index in [2.05, 4.69) is 34.0 Å². The van der Waals surface area contributed by atoms with E-state index in [-0.39, 0.29) is 18.1 Å². The summed E-state index contributed by atoms with van der Waals surface area (Å²) in [7, 11) is 0. The summed E-state index contributed by atoms with van der Waals surface area (Å²) in [5.41, 5.74) is 1.28. The number of amides is 2. The van der Waals surface area contributed by atoms with Crippen LogP contribution in [0.3, 0.4) is 0 Å². The summed E-state index contributed by atoms with van der Waals surface area (Å²) in [5, 5.41) is 7.42. The Morgan fingerprint density at radius 2 is 2.27 bits per heavy atom. The first-order chi connectivity index (χ1) is 10.7. The number of carbonyl (C=O) groups excluding carboxylic acids is 1. The molecule has 3 rings (SSSR count). The van der Waals surface area contributed by atoms with Crippen molar-refractivity contribution in [2.24, 2.45) is 0 Å². The number of hydrogen-bond donors (Lipinski definition) is 1. The van der Waals surface area contributed by atoms with Crippen molar-refractivity contribution >= 4 is 17.4 Å². The lowest BCUT2D eigenvalue weighted by atomic mass is 10.1. The van der Waals surface area contributed by atoms with Crippen LogP contribution in [0.4, 0.5) is 4.79 Å². The molecule has 0 spiro atoms. The van der Waals surface area contributed by atoms with Crippen LogP contribution >= 0.6 is 11.3 Å². The summed E-state index contributed by atoms with van der Waals surface area (Å²) in [5.74, 6) is 0. The molecule has 0 saturated carbocycles. The number of nitrogens with zero attached hydrogens (tertiary/aromatic N) is 2. The number of rotatable bonds is 4. The summed E-state index contributed by atoms with van der Waals surface area (Å²) in [6.07, 6.45) is 2.16. The van der Waals surface area contributed by atoms with E-state index < -0.39 is 0 Å². The molecule has 0 aliphatic carbocycles. The molecule has 0 aromatic carbocycles. The predicted octanol–water partition coefficient (Wildman–Crippen LogP) is 2.32. The Balaban J connectivity index is 1.52. The maximum Gasteiger partial charge on any atom is 0.318 e. The van der Waals surface area contributed by atoms with Crippen LogP contribution in [0.1, 0.15) is 31.4 Å². The molecule has 6 heteroatoms. The maximum atomic E-state index is 12.6. The SMILES string of the molecule is C[C@@H](CN1CCOCC1)NC(=O)N1CCC[C@@H]1c1ccsc1. The number of hydrogen-bond acceptors (Lipinski definition) is 4. The zero-order chi connectivity index (χ0) is 15.4. The Kier molecular flexibility index (Phi) is 5.33. The molecule has 0 unspecified atom stereocenters. The lowest BCUT2D eigenvalue weighted by Crippen LogP contribution is -2.49. The molecule has 2 aliphatic heterocycles. The molecule has 1 N–H and O–H groups in total. The maximum absolute atomic E-state index is 12.6. The van der Waals surface area contributed by atoms with Gasteiger partial charge in [0, 0.05) is 32.2 Å². The molecule has 0 radical (unpaired) electrons. The first-order valence-corrected chi connectivity index (χ1v) is 9.07. The van der Waals surface area contributed by atoms with E-state index in [0.717, 1.165) is 52.2 Å². The molecule has 1 aromatic heterocycles. The van der Waals surface area contributed by atoms with E-state index in [0.29, 0.717) is 0 Å². The van der Waals surface area contributed by atoms with Crippen LogP contribution in [-0.4, -0.2) is 61.3 Å². The summed E-state index contributed by atoms with van der Waals surface area (Å²) < 4.78 is 5.36. The number of likely N-dealkylation sites (tertiary alicyclic amines) is 1. The third kappa shape index (κ3) is 3.80. The number of morpholine rings is 1. The van der Waals surface area contributed by atoms with Gasteiger partial charge in [-0.25, -0.2) is 4.79 Å². The zero-order valence-electron chi connectivity index (χ0n) is 13.2. The predicted molar refractivity (Wildman–Crippen MR) is 88.3 cm³/mol. The van der Waals surface area contributed by atoms with E-state index in [9.17, 15) is 4.79 Å². The molecule has 22 heavy (non-hydrogen) atoms. The largest absolute Gasteiger partial charge is 0.379 e. The summed E-state index contributed by atoms with van der Waals surface area (Å²) in [6, 6.07) is 2.63. The molecule has 122 valence electrons. The number of thiophene rings is 1. The number of ether oxygens (including phenoxy) is 1. The Labute approximate surface area is 136 Å². The molecule has 2 aliphatic rings. The molecule has 0 bridgehead atoms. The highest BCUT2D eigenvalue weighted by molar-refractivity contribution is 7.07. The molecule has 5 nitrogen and oxygen atoms in total. The van der Waals surface area contributed by atoms with Crippen LogP contribution in [0.2, 0.25) is 0 Å². The van der Waals surface area contributed by atoms with Gasteiger partial charge in [-0.3, -0.25) is 4.90 Å². The van der Waals surface area contributed by atoms with E-state index in [4.69, 9.17) is 4.74 Å². The van der Waals surface area contributed by atoms with Crippen LogP contribution in [-0.2, 0) is 4.74 Å². The van der Waals surface area contributed by atoms with Gasteiger partial charge in [-0.1, -0.05) is 0 Å². The monoisotopic (exact) mass is 323 g/mol. The van der Waals surface area contributed by atoms with Crippen LogP contribution in [0.15, 0.2) is 16.8 Å². The lowest BCUT2D eigenvalue weighted by Gasteiger charge is -2.31. The molecular weight excluding hydrogens is 298 g/mol. The normalized spacial score (nSPS) is 24.4. The van der Waals surface area contributed by atoms with Crippen molar-refractivity contribution in [1.29, 1.82) is 0 Å². The second-order valence-electron chi connectivity index (χ2n) is 6.17. The van der Waals surface area contributed by atoms with Crippen LogP contribution < -0.4 is 5.32 Å². The van der Waals surface area contributed by atoms with Crippen molar-refractivity contribution in [3.05, 3.63) is 22.4 Å². The van der Waals surface area contributed by atoms with Gasteiger partial charge >= 0.3 is 6.03 Å². The minimum atomic E-state index is 0.0782. The molecule has 2 saturated heterocycles. The van der Waals surface area contributed by atoms with Crippen molar-refractivity contribution in [2.45, 2.75) is 31.8 Å². The molecule has 2 amide bonds. The smallest absolute Gasteiger partial charge is 0.318 e. The highest BCUT2D eigenvalue weighted by atomic mass is 32.1. The first kappa shape index (κ1) is 15.8. The Morgan fingerprint density at radius 3 is 3.00 bits per heavy atom. The van der Waals surface area contributed by atoms with Gasteiger partial charge in [-0.2, -0.15) is 11.3 Å². The fourth-order valence-electron chi connectivity index (χ4n) is 3.33. The van der Waals surface area contributed by atoms with Crippen LogP contribution in [0, 0.1) is 0 Å². The van der Waals surface area contributed by atoms with E-state index in [1.807, 2.05) is 4.90 Å². The number of urea groups is 1. The fraction of sp³-hybridized carbons (Fsp3) is 0.688. The van der Waals surface area contributed by atoms with Crippen LogP contribution in [0.5, 0.6) is 0 Å². The van der Waals surface area contributed by atoms with Gasteiger partial charge in [0.15, 0.2) is 0 Å². The van der Waals surface area contributed by atoms with E-state index in [1.54, 1.807) is 11.3 Å². The Morgan fingerprint density at radius 1 is 1.45 bits per heavy atom. The third-order valence-electron chi connectivity index (χ3n) is 4.45. The molecule has 2 fully saturated rings. The average molecular weight is 323 g/mol. The Hall–Kier alpha value is -1.11. The van der Waals surface area contributed by atoms with Crippen molar-refractivity contribution in [3.63, 3.8) is 0 Å². The standard InChI is InChI=1S/C16H25N3O2S/c1-13(11-18-6-8-21-9-7-18)17-16(20)19-5-2-3-15(19)14-4-10-22-12-14/h4,10,12-13,15H,2-3,5-9,11H2,1H3,(H,17,20)/t13-,15+/m0/s1. The van der Waals surface area contributed by atoms with Crippen molar-refractivity contribution in [2.75, 3.05) is 39.4 Å². The average Bonchev–Trinajstić information content (AvgIpc) is 3.19. The highest BCUT2D eigenvalue weighted by Crippen LogP contribution is 2.32. The minimum absolute atomic E-state index is 0.0782. The van der Waals surface area contributed by atoms with Gasteiger partial charge < -0.3 is 15.0 Å². The van der Waals surface area contributed by atoms with Crippen molar-refractivity contribution in [1.82, 2.24) is 15.1 Å². The van der Waals surface area contributed by atoms with Gasteiger partial charge in [0.2, 0.25) is 0 Å². The van der Waals surface area contributed by atoms with Crippen LogP contribution in [0.25, 0.3) is 0 Å². The van der Waals surface area contributed by atoms with Gasteiger partial charge in [-0.15, -0.1) is 0 Å². The molecular formula is C16H25N3O2S. The highest BCUT2D eigenvalue weighted by Gasteiger charge is 2.30. The molecule has 3 heterocycles. The number of nitrogens with one attached hydrogen (secondary N) is 1. The summed E-state index contributed by atoms with van der Waals surface area (Å²) in [6.45, 7) is 7.36. The number of carbonyl (C=O) groups is 1. The lowest BCUT2D eigenvalue weighted by molar-refractivity contribution is 0.0346. The summed E-state index contributed by atoms with van der Waals surface area (Å²) >= 11 is 1.70. The van der Waals surface area contributed by atoms with Gasteiger partial charge in [0.25, 0.3) is 0 Å². The topological polar surface area (TPSA) is 44.8 Å². The Bertz CT molecular complexity index is 474. The second-order valence-corrected chi connectivity index (χ2v) is 6.95. The van der Waals surface area contributed by atoms with Gasteiger partial charge in [-0.05, 0) is 42.2 Å².